The molecule has 0 aliphatic carbocycles. The number of rotatable bonds is 6. The summed E-state index contributed by atoms with van der Waals surface area (Å²) in [5.74, 6) is 0.811. The Morgan fingerprint density at radius 2 is 2.38 bits per heavy atom. The van der Waals surface area contributed by atoms with Crippen LogP contribution in [0.2, 0.25) is 0 Å². The molecule has 1 heterocycles. The van der Waals surface area contributed by atoms with Gasteiger partial charge in [0, 0.05) is 20.2 Å². The number of ether oxygens (including phenoxy) is 1. The Morgan fingerprint density at radius 1 is 1.56 bits per heavy atom. The number of carbonyl (C=O) groups excluding carboxylic acids is 1. The standard InChI is InChI=1S/C12H24N2O2/c1-11-5-3-7-14(9-11)8-4-6-13-12(15)10-16-2/h11H,3-10H2,1-2H3,(H,13,15). The van der Waals surface area contributed by atoms with E-state index >= 15 is 0 Å². The van der Waals surface area contributed by atoms with Crippen molar-refractivity contribution in [2.24, 2.45) is 5.92 Å². The molecule has 1 aliphatic heterocycles. The quantitative estimate of drug-likeness (QED) is 0.686. The molecule has 1 saturated heterocycles. The topological polar surface area (TPSA) is 41.6 Å². The van der Waals surface area contributed by atoms with Crippen molar-refractivity contribution in [1.29, 1.82) is 0 Å². The summed E-state index contributed by atoms with van der Waals surface area (Å²) in [5, 5.41) is 2.84. The second-order valence-corrected chi connectivity index (χ2v) is 4.68. The molecule has 1 rings (SSSR count). The van der Waals surface area contributed by atoms with Crippen molar-refractivity contribution in [2.75, 3.05) is 39.9 Å². The minimum Gasteiger partial charge on any atom is -0.375 e. The zero-order chi connectivity index (χ0) is 11.8. The average Bonchev–Trinajstić information content (AvgIpc) is 2.25. The normalized spacial score (nSPS) is 22.0. The molecule has 16 heavy (non-hydrogen) atoms. The predicted octanol–water partition coefficient (Wildman–Crippen LogP) is 0.871. The number of methoxy groups -OCH3 is 1. The van der Waals surface area contributed by atoms with Crippen LogP contribution in [0.25, 0.3) is 0 Å². The molecule has 1 N–H and O–H groups in total. The first-order chi connectivity index (χ1) is 7.72. The van der Waals surface area contributed by atoms with Crippen LogP contribution in [-0.2, 0) is 9.53 Å². The molecule has 1 atom stereocenters. The first kappa shape index (κ1) is 13.5. The molecule has 0 spiro atoms. The van der Waals surface area contributed by atoms with E-state index in [9.17, 15) is 4.79 Å². The Bertz CT molecular complexity index is 209. The van der Waals surface area contributed by atoms with Gasteiger partial charge in [0.15, 0.2) is 0 Å². The van der Waals surface area contributed by atoms with Crippen LogP contribution < -0.4 is 5.32 Å². The van der Waals surface area contributed by atoms with Crippen molar-refractivity contribution < 1.29 is 9.53 Å². The number of nitrogens with zero attached hydrogens (tertiary/aromatic N) is 1. The number of hydrogen-bond acceptors (Lipinski definition) is 3. The van der Waals surface area contributed by atoms with E-state index in [0.717, 1.165) is 25.4 Å². The molecule has 0 bridgehead atoms. The molecule has 4 heteroatoms. The van der Waals surface area contributed by atoms with Crippen molar-refractivity contribution in [3.05, 3.63) is 0 Å². The van der Waals surface area contributed by atoms with Gasteiger partial charge in [-0.25, -0.2) is 0 Å². The molecule has 1 fully saturated rings. The van der Waals surface area contributed by atoms with Gasteiger partial charge in [-0.2, -0.15) is 0 Å². The molecular weight excluding hydrogens is 204 g/mol. The van der Waals surface area contributed by atoms with Gasteiger partial charge in [-0.1, -0.05) is 6.92 Å². The Balaban J connectivity index is 2.00. The third kappa shape index (κ3) is 5.47. The van der Waals surface area contributed by atoms with Gasteiger partial charge in [-0.05, 0) is 38.3 Å². The summed E-state index contributed by atoms with van der Waals surface area (Å²) in [7, 11) is 1.54. The van der Waals surface area contributed by atoms with Crippen LogP contribution in [0.15, 0.2) is 0 Å². The first-order valence-electron chi connectivity index (χ1n) is 6.20. The van der Waals surface area contributed by atoms with Crippen LogP contribution in [0.3, 0.4) is 0 Å². The smallest absolute Gasteiger partial charge is 0.245 e. The summed E-state index contributed by atoms with van der Waals surface area (Å²) in [4.78, 5) is 13.6. The summed E-state index contributed by atoms with van der Waals surface area (Å²) in [6.07, 6.45) is 3.71. The van der Waals surface area contributed by atoms with E-state index in [1.165, 1.54) is 33.0 Å². The maximum absolute atomic E-state index is 11.1. The second-order valence-electron chi connectivity index (χ2n) is 4.68. The zero-order valence-electron chi connectivity index (χ0n) is 10.5. The fraction of sp³-hybridized carbons (Fsp3) is 0.917. The van der Waals surface area contributed by atoms with Gasteiger partial charge in [-0.15, -0.1) is 0 Å². The van der Waals surface area contributed by atoms with Crippen molar-refractivity contribution in [3.63, 3.8) is 0 Å². The van der Waals surface area contributed by atoms with Crippen LogP contribution in [0, 0.1) is 5.92 Å². The number of hydrogen-bond donors (Lipinski definition) is 1. The highest BCUT2D eigenvalue weighted by molar-refractivity contribution is 5.77. The van der Waals surface area contributed by atoms with Crippen LogP contribution in [-0.4, -0.2) is 50.7 Å². The molecule has 1 unspecified atom stereocenters. The summed E-state index contributed by atoms with van der Waals surface area (Å²) in [5.41, 5.74) is 0. The lowest BCUT2D eigenvalue weighted by atomic mass is 10.0. The van der Waals surface area contributed by atoms with Crippen molar-refractivity contribution in [3.8, 4) is 0 Å². The minimum atomic E-state index is -0.0190. The zero-order valence-corrected chi connectivity index (χ0v) is 10.5. The maximum Gasteiger partial charge on any atom is 0.245 e. The van der Waals surface area contributed by atoms with Crippen LogP contribution in [0.1, 0.15) is 26.2 Å². The first-order valence-corrected chi connectivity index (χ1v) is 6.20. The van der Waals surface area contributed by atoms with Crippen LogP contribution >= 0.6 is 0 Å². The van der Waals surface area contributed by atoms with E-state index in [1.54, 1.807) is 0 Å². The van der Waals surface area contributed by atoms with Gasteiger partial charge in [0.25, 0.3) is 0 Å². The second kappa shape index (κ2) is 7.63. The van der Waals surface area contributed by atoms with Gasteiger partial charge >= 0.3 is 0 Å². The van der Waals surface area contributed by atoms with Crippen molar-refractivity contribution in [2.45, 2.75) is 26.2 Å². The lowest BCUT2D eigenvalue weighted by Crippen LogP contribution is -2.37. The number of amides is 1. The largest absolute Gasteiger partial charge is 0.375 e. The van der Waals surface area contributed by atoms with Crippen molar-refractivity contribution in [1.82, 2.24) is 10.2 Å². The number of nitrogens with one attached hydrogen (secondary N) is 1. The fourth-order valence-corrected chi connectivity index (χ4v) is 2.20. The molecule has 0 saturated carbocycles. The minimum absolute atomic E-state index is 0.0190. The third-order valence-corrected chi connectivity index (χ3v) is 2.99. The summed E-state index contributed by atoms with van der Waals surface area (Å²) < 4.78 is 4.74. The predicted molar refractivity (Wildman–Crippen MR) is 64.3 cm³/mol. The molecule has 0 aromatic carbocycles. The Morgan fingerprint density at radius 3 is 3.06 bits per heavy atom. The van der Waals surface area contributed by atoms with Gasteiger partial charge in [0.2, 0.25) is 5.91 Å². The van der Waals surface area contributed by atoms with E-state index < -0.39 is 0 Å². The lowest BCUT2D eigenvalue weighted by Gasteiger charge is -2.30. The summed E-state index contributed by atoms with van der Waals surface area (Å²) in [6.45, 7) is 6.76. The Kier molecular flexibility index (Phi) is 6.42. The summed E-state index contributed by atoms with van der Waals surface area (Å²) >= 11 is 0. The van der Waals surface area contributed by atoms with E-state index in [0.29, 0.717) is 0 Å². The highest BCUT2D eigenvalue weighted by Crippen LogP contribution is 2.15. The van der Waals surface area contributed by atoms with Gasteiger partial charge in [-0.3, -0.25) is 4.79 Å². The van der Waals surface area contributed by atoms with Crippen LogP contribution in [0.4, 0.5) is 0 Å². The summed E-state index contributed by atoms with van der Waals surface area (Å²) in [6, 6.07) is 0. The number of likely N-dealkylation sites (tertiary alicyclic amines) is 1. The molecule has 1 aliphatic rings. The van der Waals surface area contributed by atoms with E-state index in [4.69, 9.17) is 4.74 Å². The molecule has 0 aromatic heterocycles. The number of carbonyl (C=O) groups is 1. The monoisotopic (exact) mass is 228 g/mol. The van der Waals surface area contributed by atoms with Gasteiger partial charge in [0.1, 0.15) is 6.61 Å². The Labute approximate surface area is 98.3 Å². The molecule has 4 nitrogen and oxygen atoms in total. The SMILES string of the molecule is COCC(=O)NCCCN1CCCC(C)C1. The van der Waals surface area contributed by atoms with E-state index in [-0.39, 0.29) is 12.5 Å². The third-order valence-electron chi connectivity index (χ3n) is 2.99. The Hall–Kier alpha value is -0.610. The van der Waals surface area contributed by atoms with E-state index in [2.05, 4.69) is 17.1 Å². The van der Waals surface area contributed by atoms with Gasteiger partial charge in [0.05, 0.1) is 0 Å². The average molecular weight is 228 g/mol. The molecule has 0 aromatic rings. The number of piperidine rings is 1. The lowest BCUT2D eigenvalue weighted by molar-refractivity contribution is -0.124. The molecule has 94 valence electrons. The maximum atomic E-state index is 11.1. The van der Waals surface area contributed by atoms with Crippen LogP contribution in [0.5, 0.6) is 0 Å². The highest BCUT2D eigenvalue weighted by atomic mass is 16.5. The van der Waals surface area contributed by atoms with Gasteiger partial charge < -0.3 is 15.0 Å². The highest BCUT2D eigenvalue weighted by Gasteiger charge is 2.15. The molecule has 1 amide bonds. The van der Waals surface area contributed by atoms with Crippen molar-refractivity contribution >= 4 is 5.91 Å². The van der Waals surface area contributed by atoms with E-state index in [1.807, 2.05) is 0 Å². The molecule has 0 radical (unpaired) electrons. The fourth-order valence-electron chi connectivity index (χ4n) is 2.20. The molecular formula is C12H24N2O2.